The van der Waals surface area contributed by atoms with Crippen LogP contribution in [-0.2, 0) is 4.79 Å². The Morgan fingerprint density at radius 3 is 2.48 bits per heavy atom. The number of rotatable bonds is 7. The first-order valence-corrected chi connectivity index (χ1v) is 8.94. The minimum atomic E-state index is -0.666. The summed E-state index contributed by atoms with van der Waals surface area (Å²) >= 11 is 1.46. The second-order valence-corrected chi connectivity index (χ2v) is 6.67. The van der Waals surface area contributed by atoms with Crippen molar-refractivity contribution >= 4 is 23.3 Å². The van der Waals surface area contributed by atoms with E-state index in [-0.39, 0.29) is 24.2 Å². The van der Waals surface area contributed by atoms with Crippen LogP contribution >= 0.6 is 11.3 Å². The van der Waals surface area contributed by atoms with E-state index in [2.05, 4.69) is 5.32 Å². The van der Waals surface area contributed by atoms with E-state index in [0.717, 1.165) is 10.4 Å². The van der Waals surface area contributed by atoms with Gasteiger partial charge in [0.1, 0.15) is 5.82 Å². The summed E-state index contributed by atoms with van der Waals surface area (Å²) in [6.07, 6.45) is 0.114. The molecule has 0 aliphatic rings. The summed E-state index contributed by atoms with van der Waals surface area (Å²) < 4.78 is 13.1. The first-order chi connectivity index (χ1) is 11.9. The molecule has 134 valence electrons. The molecule has 0 aliphatic carbocycles. The lowest BCUT2D eigenvalue weighted by atomic mass is 10.0. The number of nitrogens with two attached hydrogens (primary N) is 1. The quantitative estimate of drug-likeness (QED) is 0.789. The molecule has 25 heavy (non-hydrogen) atoms. The maximum atomic E-state index is 13.1. The molecule has 0 radical (unpaired) electrons. The van der Waals surface area contributed by atoms with Gasteiger partial charge in [-0.2, -0.15) is 0 Å². The number of halogens is 1. The first kappa shape index (κ1) is 18.9. The highest BCUT2D eigenvalue weighted by Gasteiger charge is 2.25. The van der Waals surface area contributed by atoms with E-state index in [1.165, 1.54) is 23.5 Å². The average Bonchev–Trinajstić information content (AvgIpc) is 3.09. The summed E-state index contributed by atoms with van der Waals surface area (Å²) in [6, 6.07) is 8.51. The lowest BCUT2D eigenvalue weighted by Crippen LogP contribution is -2.39. The van der Waals surface area contributed by atoms with Crippen molar-refractivity contribution in [2.24, 2.45) is 5.73 Å². The van der Waals surface area contributed by atoms with Gasteiger partial charge in [-0.15, -0.1) is 11.3 Å². The van der Waals surface area contributed by atoms with Gasteiger partial charge in [0.2, 0.25) is 5.91 Å². The van der Waals surface area contributed by atoms with Gasteiger partial charge in [-0.25, -0.2) is 9.18 Å². The Hall–Kier alpha value is -2.41. The van der Waals surface area contributed by atoms with Crippen LogP contribution in [0, 0.1) is 5.82 Å². The highest BCUT2D eigenvalue weighted by Crippen LogP contribution is 2.26. The molecule has 1 aromatic heterocycles. The molecular formula is C18H22FN3O2S. The van der Waals surface area contributed by atoms with Crippen LogP contribution in [0.4, 0.5) is 9.18 Å². The van der Waals surface area contributed by atoms with Crippen molar-refractivity contribution in [2.45, 2.75) is 32.4 Å². The maximum absolute atomic E-state index is 13.1. The number of benzene rings is 1. The lowest BCUT2D eigenvalue weighted by Gasteiger charge is -2.30. The van der Waals surface area contributed by atoms with Crippen molar-refractivity contribution in [1.29, 1.82) is 0 Å². The molecule has 0 saturated carbocycles. The number of urea groups is 1. The third-order valence-electron chi connectivity index (χ3n) is 4.06. The second kappa shape index (κ2) is 8.62. The molecule has 0 bridgehead atoms. The number of nitrogens with zero attached hydrogens (tertiary/aromatic N) is 1. The van der Waals surface area contributed by atoms with Crippen molar-refractivity contribution < 1.29 is 14.0 Å². The fraction of sp³-hybridized carbons (Fsp3) is 0.333. The van der Waals surface area contributed by atoms with Crippen molar-refractivity contribution in [2.75, 3.05) is 6.54 Å². The van der Waals surface area contributed by atoms with Crippen molar-refractivity contribution in [1.82, 2.24) is 10.2 Å². The smallest absolute Gasteiger partial charge is 0.312 e. The monoisotopic (exact) mass is 363 g/mol. The molecule has 7 heteroatoms. The van der Waals surface area contributed by atoms with Crippen molar-refractivity contribution in [3.63, 3.8) is 0 Å². The molecule has 3 amide bonds. The minimum absolute atomic E-state index is 0.105. The van der Waals surface area contributed by atoms with Crippen LogP contribution < -0.4 is 11.1 Å². The van der Waals surface area contributed by atoms with E-state index >= 15 is 0 Å². The molecule has 2 rings (SSSR count). The lowest BCUT2D eigenvalue weighted by molar-refractivity contribution is -0.133. The predicted molar refractivity (Wildman–Crippen MR) is 96.6 cm³/mol. The van der Waals surface area contributed by atoms with Crippen LogP contribution in [0.2, 0.25) is 0 Å². The van der Waals surface area contributed by atoms with E-state index in [0.29, 0.717) is 6.54 Å². The number of carbonyl (C=O) groups is 2. The van der Waals surface area contributed by atoms with Gasteiger partial charge in [0.25, 0.3) is 0 Å². The third-order valence-corrected chi connectivity index (χ3v) is 5.05. The Kier molecular flexibility index (Phi) is 6.52. The van der Waals surface area contributed by atoms with Crippen LogP contribution in [0.25, 0.3) is 0 Å². The third kappa shape index (κ3) is 5.03. The molecule has 2 atom stereocenters. The Balaban J connectivity index is 2.14. The standard InChI is InChI=1S/C18H22FN3O2S/c1-3-22(12(2)13-6-8-14(19)9-7-13)17(23)11-15(21-18(20)24)16-5-4-10-25-16/h4-10,12,15H,3,11H2,1-2H3,(H3,20,21,24)/t12-,15-/m0/s1. The summed E-state index contributed by atoms with van der Waals surface area (Å²) in [5, 5.41) is 4.51. The predicted octanol–water partition coefficient (Wildman–Crippen LogP) is 3.60. The van der Waals surface area contributed by atoms with Crippen molar-refractivity contribution in [3.05, 3.63) is 58.0 Å². The highest BCUT2D eigenvalue weighted by atomic mass is 32.1. The topological polar surface area (TPSA) is 75.4 Å². The Bertz CT molecular complexity index is 704. The van der Waals surface area contributed by atoms with E-state index < -0.39 is 12.1 Å². The number of hydrogen-bond donors (Lipinski definition) is 2. The van der Waals surface area contributed by atoms with Crippen molar-refractivity contribution in [3.8, 4) is 0 Å². The number of amides is 3. The molecule has 0 unspecified atom stereocenters. The Morgan fingerprint density at radius 2 is 1.96 bits per heavy atom. The van der Waals surface area contributed by atoms with Crippen LogP contribution in [-0.4, -0.2) is 23.4 Å². The normalized spacial score (nSPS) is 13.1. The molecule has 1 heterocycles. The van der Waals surface area contributed by atoms with Gasteiger partial charge in [0.05, 0.1) is 18.5 Å². The van der Waals surface area contributed by atoms with Gasteiger partial charge in [-0.05, 0) is 43.0 Å². The Morgan fingerprint density at radius 1 is 1.28 bits per heavy atom. The fourth-order valence-corrected chi connectivity index (χ4v) is 3.54. The molecule has 5 nitrogen and oxygen atoms in total. The molecule has 1 aromatic carbocycles. The van der Waals surface area contributed by atoms with Crippen LogP contribution in [0.3, 0.4) is 0 Å². The zero-order chi connectivity index (χ0) is 18.4. The molecule has 0 fully saturated rings. The number of carbonyl (C=O) groups excluding carboxylic acids is 2. The van der Waals surface area contributed by atoms with Gasteiger partial charge >= 0.3 is 6.03 Å². The first-order valence-electron chi connectivity index (χ1n) is 8.06. The van der Waals surface area contributed by atoms with Gasteiger partial charge in [-0.3, -0.25) is 4.79 Å². The number of thiophene rings is 1. The summed E-state index contributed by atoms with van der Waals surface area (Å²) in [4.78, 5) is 26.7. The summed E-state index contributed by atoms with van der Waals surface area (Å²) in [6.45, 7) is 4.29. The van der Waals surface area contributed by atoms with Gasteiger partial charge in [-0.1, -0.05) is 18.2 Å². The van der Waals surface area contributed by atoms with Gasteiger partial charge in [0, 0.05) is 11.4 Å². The van der Waals surface area contributed by atoms with E-state index in [4.69, 9.17) is 5.73 Å². The molecule has 3 N–H and O–H groups in total. The Labute approximate surface area is 150 Å². The van der Waals surface area contributed by atoms with E-state index in [1.54, 1.807) is 17.0 Å². The second-order valence-electron chi connectivity index (χ2n) is 5.69. The van der Waals surface area contributed by atoms with Gasteiger partial charge in [0.15, 0.2) is 0 Å². The highest BCUT2D eigenvalue weighted by molar-refractivity contribution is 7.10. The molecular weight excluding hydrogens is 341 g/mol. The fourth-order valence-electron chi connectivity index (χ4n) is 2.76. The largest absolute Gasteiger partial charge is 0.352 e. The molecule has 2 aromatic rings. The number of hydrogen-bond acceptors (Lipinski definition) is 3. The SMILES string of the molecule is CCN(C(=O)C[C@H](NC(N)=O)c1cccs1)[C@@H](C)c1ccc(F)cc1. The van der Waals surface area contributed by atoms with E-state index in [9.17, 15) is 14.0 Å². The van der Waals surface area contributed by atoms with Crippen LogP contribution in [0.5, 0.6) is 0 Å². The van der Waals surface area contributed by atoms with Gasteiger partial charge < -0.3 is 16.0 Å². The minimum Gasteiger partial charge on any atom is -0.352 e. The summed E-state index contributed by atoms with van der Waals surface area (Å²) in [5.74, 6) is -0.416. The molecule has 0 aliphatic heterocycles. The maximum Gasteiger partial charge on any atom is 0.312 e. The zero-order valence-corrected chi connectivity index (χ0v) is 15.1. The summed E-state index contributed by atoms with van der Waals surface area (Å²) in [7, 11) is 0. The molecule has 0 spiro atoms. The zero-order valence-electron chi connectivity index (χ0n) is 14.2. The van der Waals surface area contributed by atoms with Crippen LogP contribution in [0.15, 0.2) is 41.8 Å². The van der Waals surface area contributed by atoms with E-state index in [1.807, 2.05) is 31.4 Å². The molecule has 0 saturated heterocycles. The number of nitrogens with one attached hydrogen (secondary N) is 1. The number of primary amides is 1. The average molecular weight is 363 g/mol. The van der Waals surface area contributed by atoms with Crippen LogP contribution in [0.1, 0.15) is 42.8 Å². The summed E-state index contributed by atoms with van der Waals surface area (Å²) in [5.41, 5.74) is 6.10.